The molecule has 1 aromatic heterocycles. The fraction of sp³-hybridized carbons (Fsp3) is 0.222. The third kappa shape index (κ3) is 2.01. The zero-order valence-electron chi connectivity index (χ0n) is 7.54. The lowest BCUT2D eigenvalue weighted by Gasteiger charge is -1.87. The first-order chi connectivity index (χ1) is 6.27. The van der Waals surface area contributed by atoms with E-state index in [9.17, 15) is 0 Å². The summed E-state index contributed by atoms with van der Waals surface area (Å²) < 4.78 is 5.88. The molecule has 0 spiro atoms. The van der Waals surface area contributed by atoms with Gasteiger partial charge in [-0.05, 0) is 18.2 Å². The Balaban J connectivity index is 0.000000396. The third-order valence-corrected chi connectivity index (χ3v) is 1.95. The first kappa shape index (κ1) is 10.1. The normalized spacial score (nSPS) is 9.46. The summed E-state index contributed by atoms with van der Waals surface area (Å²) in [6.45, 7) is 4.00. The van der Waals surface area contributed by atoms with Crippen LogP contribution in [-0.4, -0.2) is 5.16 Å². The molecule has 0 atom stereocenters. The summed E-state index contributed by atoms with van der Waals surface area (Å²) in [6.07, 6.45) is 0. The second-order valence-corrected chi connectivity index (χ2v) is 3.12. The molecule has 4 heteroatoms. The van der Waals surface area contributed by atoms with Gasteiger partial charge in [0, 0.05) is 4.47 Å². The van der Waals surface area contributed by atoms with Crippen molar-refractivity contribution in [2.45, 2.75) is 13.8 Å². The van der Waals surface area contributed by atoms with Crippen LogP contribution >= 0.6 is 15.9 Å². The Hall–Kier alpha value is -1.03. The molecule has 0 aliphatic rings. The monoisotopic (exact) mass is 242 g/mol. The van der Waals surface area contributed by atoms with Crippen molar-refractivity contribution in [3.63, 3.8) is 0 Å². The van der Waals surface area contributed by atoms with Gasteiger partial charge < -0.3 is 10.3 Å². The largest absolute Gasteiger partial charge is 0.380 e. The first-order valence-electron chi connectivity index (χ1n) is 4.08. The van der Waals surface area contributed by atoms with E-state index >= 15 is 0 Å². The number of rotatable bonds is 0. The lowest BCUT2D eigenvalue weighted by Crippen LogP contribution is -1.82. The second-order valence-electron chi connectivity index (χ2n) is 2.21. The summed E-state index contributed by atoms with van der Waals surface area (Å²) in [5.41, 5.74) is 6.23. The van der Waals surface area contributed by atoms with E-state index in [-0.39, 0.29) is 0 Å². The lowest BCUT2D eigenvalue weighted by molar-refractivity contribution is 0.460. The molecule has 0 radical (unpaired) electrons. The van der Waals surface area contributed by atoms with Crippen molar-refractivity contribution in [3.05, 3.63) is 22.7 Å². The Bertz CT molecular complexity index is 397. The van der Waals surface area contributed by atoms with Gasteiger partial charge in [-0.2, -0.15) is 0 Å². The number of nitrogens with two attached hydrogens (primary N) is 1. The smallest absolute Gasteiger partial charge is 0.174 e. The average molecular weight is 243 g/mol. The fourth-order valence-corrected chi connectivity index (χ4v) is 1.29. The molecule has 0 unspecified atom stereocenters. The van der Waals surface area contributed by atoms with Gasteiger partial charge >= 0.3 is 0 Å². The van der Waals surface area contributed by atoms with Gasteiger partial charge in [-0.3, -0.25) is 0 Å². The topological polar surface area (TPSA) is 52.0 Å². The molecule has 70 valence electrons. The maximum Gasteiger partial charge on any atom is 0.174 e. The highest BCUT2D eigenvalue weighted by molar-refractivity contribution is 9.10. The van der Waals surface area contributed by atoms with Crippen molar-refractivity contribution in [2.24, 2.45) is 0 Å². The number of hydrogen-bond donors (Lipinski definition) is 1. The molecule has 0 bridgehead atoms. The van der Waals surface area contributed by atoms with Crippen molar-refractivity contribution < 1.29 is 4.52 Å². The average Bonchev–Trinajstić information content (AvgIpc) is 2.52. The SMILES string of the molecule is CC.Nc1noc2ccc(Br)cc12. The number of hydrogen-bond acceptors (Lipinski definition) is 3. The van der Waals surface area contributed by atoms with Crippen LogP contribution in [0.25, 0.3) is 11.0 Å². The minimum absolute atomic E-state index is 0.432. The molecule has 1 heterocycles. The fourth-order valence-electron chi connectivity index (χ4n) is 0.929. The van der Waals surface area contributed by atoms with Gasteiger partial charge in [0.1, 0.15) is 0 Å². The van der Waals surface area contributed by atoms with Crippen molar-refractivity contribution in [1.29, 1.82) is 0 Å². The van der Waals surface area contributed by atoms with Gasteiger partial charge in [-0.1, -0.05) is 34.9 Å². The number of anilines is 1. The maximum atomic E-state index is 5.52. The van der Waals surface area contributed by atoms with Gasteiger partial charge in [-0.25, -0.2) is 0 Å². The van der Waals surface area contributed by atoms with E-state index in [1.165, 1.54) is 0 Å². The van der Waals surface area contributed by atoms with Crippen molar-refractivity contribution in [1.82, 2.24) is 5.16 Å². The molecule has 2 rings (SSSR count). The molecule has 0 aliphatic carbocycles. The van der Waals surface area contributed by atoms with Crippen LogP contribution < -0.4 is 5.73 Å². The van der Waals surface area contributed by atoms with Crippen LogP contribution in [0.3, 0.4) is 0 Å². The summed E-state index contributed by atoms with van der Waals surface area (Å²) in [5.74, 6) is 0.432. The minimum Gasteiger partial charge on any atom is -0.380 e. The number of benzene rings is 1. The molecule has 0 saturated heterocycles. The van der Waals surface area contributed by atoms with E-state index in [1.807, 2.05) is 32.0 Å². The van der Waals surface area contributed by atoms with E-state index in [0.717, 1.165) is 9.86 Å². The Labute approximate surface area is 85.0 Å². The first-order valence-corrected chi connectivity index (χ1v) is 4.87. The van der Waals surface area contributed by atoms with Crippen molar-refractivity contribution >= 4 is 32.7 Å². The van der Waals surface area contributed by atoms with Gasteiger partial charge in [0.15, 0.2) is 11.4 Å². The van der Waals surface area contributed by atoms with E-state index in [4.69, 9.17) is 10.3 Å². The summed E-state index contributed by atoms with van der Waals surface area (Å²) in [6, 6.07) is 5.58. The van der Waals surface area contributed by atoms with Crippen LogP contribution in [0.4, 0.5) is 5.82 Å². The molecule has 0 aliphatic heterocycles. The Morgan fingerprint density at radius 2 is 2.08 bits per heavy atom. The van der Waals surface area contributed by atoms with E-state index in [0.29, 0.717) is 11.4 Å². The Morgan fingerprint density at radius 1 is 1.38 bits per heavy atom. The standard InChI is InChI=1S/C7H5BrN2O.C2H6/c8-4-1-2-6-5(3-4)7(9)10-11-6;1-2/h1-3H,(H2,9,10);1-2H3. The maximum absolute atomic E-state index is 5.52. The zero-order chi connectivity index (χ0) is 9.84. The predicted octanol–water partition coefficient (Wildman–Crippen LogP) is 3.20. The highest BCUT2D eigenvalue weighted by atomic mass is 79.9. The summed E-state index contributed by atoms with van der Waals surface area (Å²) in [5, 5.41) is 4.47. The predicted molar refractivity (Wildman–Crippen MR) is 57.5 cm³/mol. The van der Waals surface area contributed by atoms with E-state index in [2.05, 4.69) is 21.1 Å². The lowest BCUT2D eigenvalue weighted by atomic mass is 10.2. The quantitative estimate of drug-likeness (QED) is 0.772. The van der Waals surface area contributed by atoms with Crippen LogP contribution in [0.5, 0.6) is 0 Å². The van der Waals surface area contributed by atoms with E-state index < -0.39 is 0 Å². The van der Waals surface area contributed by atoms with Crippen LogP contribution in [0.1, 0.15) is 13.8 Å². The molecular weight excluding hydrogens is 232 g/mol. The van der Waals surface area contributed by atoms with Gasteiger partial charge in [0.2, 0.25) is 0 Å². The van der Waals surface area contributed by atoms with Crippen LogP contribution in [-0.2, 0) is 0 Å². The Kier molecular flexibility index (Phi) is 3.31. The van der Waals surface area contributed by atoms with Crippen LogP contribution in [0.15, 0.2) is 27.2 Å². The molecule has 13 heavy (non-hydrogen) atoms. The van der Waals surface area contributed by atoms with Crippen LogP contribution in [0, 0.1) is 0 Å². The molecular formula is C9H11BrN2O. The molecule has 2 N–H and O–H groups in total. The molecule has 0 saturated carbocycles. The van der Waals surface area contributed by atoms with Crippen molar-refractivity contribution in [3.8, 4) is 0 Å². The Morgan fingerprint density at radius 3 is 2.77 bits per heavy atom. The summed E-state index contributed by atoms with van der Waals surface area (Å²) >= 11 is 3.33. The van der Waals surface area contributed by atoms with E-state index in [1.54, 1.807) is 0 Å². The number of aromatic nitrogens is 1. The highest BCUT2D eigenvalue weighted by Crippen LogP contribution is 2.23. The molecule has 3 nitrogen and oxygen atoms in total. The van der Waals surface area contributed by atoms with Gasteiger partial charge in [-0.15, -0.1) is 0 Å². The van der Waals surface area contributed by atoms with Gasteiger partial charge in [0.05, 0.1) is 5.39 Å². The second kappa shape index (κ2) is 4.28. The molecule has 0 fully saturated rings. The van der Waals surface area contributed by atoms with Crippen LogP contribution in [0.2, 0.25) is 0 Å². The zero-order valence-corrected chi connectivity index (χ0v) is 9.13. The minimum atomic E-state index is 0.432. The molecule has 0 amide bonds. The number of nitrogens with zero attached hydrogens (tertiary/aromatic N) is 1. The third-order valence-electron chi connectivity index (χ3n) is 1.46. The van der Waals surface area contributed by atoms with Gasteiger partial charge in [0.25, 0.3) is 0 Å². The highest BCUT2D eigenvalue weighted by Gasteiger charge is 2.03. The number of nitrogen functional groups attached to an aromatic ring is 1. The van der Waals surface area contributed by atoms with Crippen molar-refractivity contribution in [2.75, 3.05) is 5.73 Å². The number of halogens is 1. The summed E-state index contributed by atoms with van der Waals surface area (Å²) in [4.78, 5) is 0. The summed E-state index contributed by atoms with van der Waals surface area (Å²) in [7, 11) is 0. The number of fused-ring (bicyclic) bond motifs is 1. The molecule has 1 aromatic carbocycles. The molecule has 2 aromatic rings.